The molecule has 0 spiro atoms. The third-order valence-corrected chi connectivity index (χ3v) is 4.49. The van der Waals surface area contributed by atoms with Crippen LogP contribution in [-0.2, 0) is 17.6 Å². The van der Waals surface area contributed by atoms with E-state index in [4.69, 9.17) is 15.2 Å². The first-order valence-corrected chi connectivity index (χ1v) is 8.37. The number of nitrogens with two attached hydrogens (primary N) is 1. The summed E-state index contributed by atoms with van der Waals surface area (Å²) in [4.78, 5) is 13.0. The second-order valence-corrected chi connectivity index (χ2v) is 6.15. The maximum Gasteiger partial charge on any atom is 0.222 e. The lowest BCUT2D eigenvalue weighted by Crippen LogP contribution is -2.46. The zero-order chi connectivity index (χ0) is 16.4. The first-order valence-electron chi connectivity index (χ1n) is 8.37. The number of rotatable bonds is 4. The monoisotopic (exact) mass is 327 g/mol. The van der Waals surface area contributed by atoms with E-state index in [0.29, 0.717) is 25.0 Å². The lowest BCUT2D eigenvalue weighted by Gasteiger charge is -2.32. The molecule has 2 aromatic heterocycles. The molecule has 7 heteroatoms. The van der Waals surface area contributed by atoms with Crippen LogP contribution >= 0.6 is 0 Å². The SMILES string of the molecule is Nc1nc2c(c(N[C@@H]3CCOC[C@H]3Oc3ccccn3)n1)CCC2. The first kappa shape index (κ1) is 15.1. The van der Waals surface area contributed by atoms with Crippen molar-refractivity contribution in [3.05, 3.63) is 35.7 Å². The molecule has 1 saturated heterocycles. The van der Waals surface area contributed by atoms with Gasteiger partial charge in [0.05, 0.1) is 18.3 Å². The number of nitrogen functional groups attached to an aromatic ring is 1. The van der Waals surface area contributed by atoms with Gasteiger partial charge in [-0.05, 0) is 31.7 Å². The van der Waals surface area contributed by atoms with Crippen molar-refractivity contribution in [2.45, 2.75) is 37.8 Å². The Kier molecular flexibility index (Phi) is 4.17. The Labute approximate surface area is 140 Å². The number of aryl methyl sites for hydroxylation is 1. The van der Waals surface area contributed by atoms with Crippen molar-refractivity contribution in [3.8, 4) is 5.88 Å². The molecule has 2 aromatic rings. The number of hydrogen-bond acceptors (Lipinski definition) is 7. The number of anilines is 2. The number of nitrogens with zero attached hydrogens (tertiary/aromatic N) is 3. The summed E-state index contributed by atoms with van der Waals surface area (Å²) in [5, 5.41) is 3.53. The molecular formula is C17H21N5O2. The van der Waals surface area contributed by atoms with Crippen LogP contribution in [0.25, 0.3) is 0 Å². The average molecular weight is 327 g/mol. The van der Waals surface area contributed by atoms with Crippen LogP contribution in [0.4, 0.5) is 11.8 Å². The third-order valence-electron chi connectivity index (χ3n) is 4.49. The second kappa shape index (κ2) is 6.60. The van der Waals surface area contributed by atoms with E-state index in [1.165, 1.54) is 5.56 Å². The fourth-order valence-electron chi connectivity index (χ4n) is 3.31. The summed E-state index contributed by atoms with van der Waals surface area (Å²) in [5.41, 5.74) is 8.12. The molecule has 3 N–H and O–H groups in total. The van der Waals surface area contributed by atoms with Crippen molar-refractivity contribution in [1.82, 2.24) is 15.0 Å². The predicted octanol–water partition coefficient (Wildman–Crippen LogP) is 1.59. The van der Waals surface area contributed by atoms with Gasteiger partial charge in [-0.25, -0.2) is 9.97 Å². The van der Waals surface area contributed by atoms with Crippen LogP contribution < -0.4 is 15.8 Å². The van der Waals surface area contributed by atoms with Crippen molar-refractivity contribution in [2.24, 2.45) is 0 Å². The lowest BCUT2D eigenvalue weighted by molar-refractivity contribution is -0.00253. The van der Waals surface area contributed by atoms with E-state index in [1.54, 1.807) is 6.20 Å². The summed E-state index contributed by atoms with van der Waals surface area (Å²) >= 11 is 0. The summed E-state index contributed by atoms with van der Waals surface area (Å²) in [6.07, 6.45) is 5.51. The Morgan fingerprint density at radius 1 is 1.25 bits per heavy atom. The quantitative estimate of drug-likeness (QED) is 0.880. The maximum absolute atomic E-state index is 6.02. The van der Waals surface area contributed by atoms with Gasteiger partial charge in [-0.2, -0.15) is 4.98 Å². The predicted molar refractivity (Wildman–Crippen MR) is 90.0 cm³/mol. The molecule has 3 heterocycles. The molecule has 0 amide bonds. The average Bonchev–Trinajstić information content (AvgIpc) is 3.06. The highest BCUT2D eigenvalue weighted by molar-refractivity contribution is 5.52. The normalized spacial score (nSPS) is 22.8. The Hall–Kier alpha value is -2.41. The summed E-state index contributed by atoms with van der Waals surface area (Å²) < 4.78 is 11.6. The van der Waals surface area contributed by atoms with Crippen molar-refractivity contribution in [2.75, 3.05) is 24.3 Å². The summed E-state index contributed by atoms with van der Waals surface area (Å²) in [6.45, 7) is 1.22. The summed E-state index contributed by atoms with van der Waals surface area (Å²) in [7, 11) is 0. The largest absolute Gasteiger partial charge is 0.470 e. The molecule has 0 radical (unpaired) electrons. The lowest BCUT2D eigenvalue weighted by atomic mass is 10.1. The van der Waals surface area contributed by atoms with Gasteiger partial charge in [-0.15, -0.1) is 0 Å². The van der Waals surface area contributed by atoms with Crippen molar-refractivity contribution in [3.63, 3.8) is 0 Å². The van der Waals surface area contributed by atoms with Crippen LogP contribution in [0.3, 0.4) is 0 Å². The molecule has 1 aliphatic heterocycles. The summed E-state index contributed by atoms with van der Waals surface area (Å²) in [6, 6.07) is 5.73. The molecule has 24 heavy (non-hydrogen) atoms. The minimum absolute atomic E-state index is 0.0970. The van der Waals surface area contributed by atoms with Gasteiger partial charge in [0.1, 0.15) is 11.9 Å². The summed E-state index contributed by atoms with van der Waals surface area (Å²) in [5.74, 6) is 1.77. The van der Waals surface area contributed by atoms with E-state index >= 15 is 0 Å². The van der Waals surface area contributed by atoms with E-state index in [2.05, 4.69) is 20.3 Å². The van der Waals surface area contributed by atoms with Crippen molar-refractivity contribution < 1.29 is 9.47 Å². The van der Waals surface area contributed by atoms with Crippen LogP contribution in [-0.4, -0.2) is 40.3 Å². The van der Waals surface area contributed by atoms with Crippen LogP contribution in [0.2, 0.25) is 0 Å². The standard InChI is InChI=1S/C17H21N5O2/c18-17-21-12-5-3-4-11(12)16(22-17)20-13-7-9-23-10-14(13)24-15-6-1-2-8-19-15/h1-2,6,8,13-14H,3-5,7,9-10H2,(H3,18,20,21,22)/t13-,14-/m1/s1. The van der Waals surface area contributed by atoms with Gasteiger partial charge in [0.15, 0.2) is 0 Å². The number of aromatic nitrogens is 3. The molecule has 2 aliphatic rings. The molecule has 4 rings (SSSR count). The number of fused-ring (bicyclic) bond motifs is 1. The maximum atomic E-state index is 6.02. The molecule has 0 saturated carbocycles. The molecule has 1 aliphatic carbocycles. The molecule has 0 bridgehead atoms. The molecular weight excluding hydrogens is 306 g/mol. The first-order chi connectivity index (χ1) is 11.8. The Balaban J connectivity index is 1.54. The van der Waals surface area contributed by atoms with Gasteiger partial charge < -0.3 is 20.5 Å². The minimum Gasteiger partial charge on any atom is -0.470 e. The fourth-order valence-corrected chi connectivity index (χ4v) is 3.31. The van der Waals surface area contributed by atoms with Crippen LogP contribution in [0, 0.1) is 0 Å². The molecule has 7 nitrogen and oxygen atoms in total. The van der Waals surface area contributed by atoms with Gasteiger partial charge in [-0.3, -0.25) is 0 Å². The number of pyridine rings is 1. The zero-order valence-corrected chi connectivity index (χ0v) is 13.4. The van der Waals surface area contributed by atoms with Gasteiger partial charge in [0.25, 0.3) is 0 Å². The van der Waals surface area contributed by atoms with Crippen molar-refractivity contribution in [1.29, 1.82) is 0 Å². The zero-order valence-electron chi connectivity index (χ0n) is 13.4. The van der Waals surface area contributed by atoms with Crippen LogP contribution in [0.5, 0.6) is 5.88 Å². The van der Waals surface area contributed by atoms with E-state index in [9.17, 15) is 0 Å². The van der Waals surface area contributed by atoms with E-state index < -0.39 is 0 Å². The van der Waals surface area contributed by atoms with Gasteiger partial charge in [-0.1, -0.05) is 6.07 Å². The molecule has 126 valence electrons. The smallest absolute Gasteiger partial charge is 0.222 e. The van der Waals surface area contributed by atoms with Gasteiger partial charge in [0.2, 0.25) is 11.8 Å². The molecule has 2 atom stereocenters. The molecule has 0 aromatic carbocycles. The van der Waals surface area contributed by atoms with Crippen LogP contribution in [0.15, 0.2) is 24.4 Å². The number of nitrogens with one attached hydrogen (secondary N) is 1. The highest BCUT2D eigenvalue weighted by Gasteiger charge is 2.30. The van der Waals surface area contributed by atoms with Crippen LogP contribution in [0.1, 0.15) is 24.1 Å². The fraction of sp³-hybridized carbons (Fsp3) is 0.471. The van der Waals surface area contributed by atoms with Crippen molar-refractivity contribution >= 4 is 11.8 Å². The topological polar surface area (TPSA) is 95.2 Å². The Morgan fingerprint density at radius 2 is 2.21 bits per heavy atom. The Morgan fingerprint density at radius 3 is 3.08 bits per heavy atom. The number of hydrogen-bond donors (Lipinski definition) is 2. The van der Waals surface area contributed by atoms with Gasteiger partial charge in [0, 0.05) is 24.4 Å². The Bertz CT molecular complexity index is 710. The van der Waals surface area contributed by atoms with E-state index in [1.807, 2.05) is 18.2 Å². The highest BCUT2D eigenvalue weighted by atomic mass is 16.5. The highest BCUT2D eigenvalue weighted by Crippen LogP contribution is 2.28. The van der Waals surface area contributed by atoms with Gasteiger partial charge >= 0.3 is 0 Å². The van der Waals surface area contributed by atoms with E-state index in [0.717, 1.165) is 37.2 Å². The molecule has 1 fully saturated rings. The minimum atomic E-state index is -0.123. The third kappa shape index (κ3) is 3.12. The number of ether oxygens (including phenoxy) is 2. The van der Waals surface area contributed by atoms with E-state index in [-0.39, 0.29) is 12.1 Å². The second-order valence-electron chi connectivity index (χ2n) is 6.15. The molecule has 0 unspecified atom stereocenters.